The number of anilines is 1. The molecular formula is C21H27F3N2O. The average Bonchev–Trinajstić information content (AvgIpc) is 2.68. The number of hydrogen-bond acceptors (Lipinski definition) is 2. The van der Waals surface area contributed by atoms with Crippen LogP contribution in [0.2, 0.25) is 0 Å². The van der Waals surface area contributed by atoms with E-state index in [9.17, 15) is 18.0 Å². The minimum atomic E-state index is -3.67. The molecule has 1 aromatic rings. The fourth-order valence-corrected chi connectivity index (χ4v) is 3.45. The summed E-state index contributed by atoms with van der Waals surface area (Å²) < 4.78 is 29.0. The monoisotopic (exact) mass is 380 g/mol. The first-order valence-electron chi connectivity index (χ1n) is 9.05. The van der Waals surface area contributed by atoms with Crippen LogP contribution in [0.15, 0.2) is 30.9 Å². The molecule has 1 saturated carbocycles. The molecule has 0 bridgehead atoms. The fraction of sp³-hybridized carbons (Fsp3) is 0.476. The summed E-state index contributed by atoms with van der Waals surface area (Å²) in [4.78, 5) is 13.6. The van der Waals surface area contributed by atoms with Gasteiger partial charge in [0.2, 0.25) is 5.91 Å². The van der Waals surface area contributed by atoms with Gasteiger partial charge in [-0.05, 0) is 48.6 Å². The Morgan fingerprint density at radius 1 is 1.19 bits per heavy atom. The van der Waals surface area contributed by atoms with Gasteiger partial charge < -0.3 is 10.2 Å². The third kappa shape index (κ3) is 7.78. The van der Waals surface area contributed by atoms with Gasteiger partial charge in [0.25, 0.3) is 0 Å². The molecule has 1 N–H and O–H groups in total. The Labute approximate surface area is 159 Å². The van der Waals surface area contributed by atoms with Crippen molar-refractivity contribution in [2.45, 2.75) is 57.8 Å². The Morgan fingerprint density at radius 2 is 1.81 bits per heavy atom. The second-order valence-corrected chi connectivity index (χ2v) is 6.42. The third-order valence-corrected chi connectivity index (χ3v) is 4.68. The molecule has 0 radical (unpaired) electrons. The van der Waals surface area contributed by atoms with Gasteiger partial charge in [0.15, 0.2) is 0 Å². The molecule has 27 heavy (non-hydrogen) atoms. The number of benzene rings is 1. The average molecular weight is 380 g/mol. The first-order valence-corrected chi connectivity index (χ1v) is 9.05. The summed E-state index contributed by atoms with van der Waals surface area (Å²) in [5, 5.41) is 3.67. The van der Waals surface area contributed by atoms with E-state index in [0.717, 1.165) is 13.0 Å². The van der Waals surface area contributed by atoms with Crippen LogP contribution in [-0.2, 0) is 17.8 Å². The molecule has 148 valence electrons. The summed E-state index contributed by atoms with van der Waals surface area (Å²) >= 11 is 0. The molecule has 3 rings (SSSR count). The summed E-state index contributed by atoms with van der Waals surface area (Å²) in [7, 11) is 0. The number of alkyl halides is 3. The fourth-order valence-electron chi connectivity index (χ4n) is 3.45. The number of carbonyl (C=O) groups is 1. The van der Waals surface area contributed by atoms with E-state index in [4.69, 9.17) is 0 Å². The van der Waals surface area contributed by atoms with Crippen molar-refractivity contribution in [3.63, 3.8) is 0 Å². The summed E-state index contributed by atoms with van der Waals surface area (Å²) in [6.07, 6.45) is 17.0. The molecule has 1 aliphatic heterocycles. The maximum Gasteiger partial charge on any atom is 0.379 e. The van der Waals surface area contributed by atoms with E-state index in [1.807, 2.05) is 4.90 Å². The quantitative estimate of drug-likeness (QED) is 0.596. The van der Waals surface area contributed by atoms with E-state index in [1.165, 1.54) is 55.0 Å². The van der Waals surface area contributed by atoms with Crippen molar-refractivity contribution in [1.29, 1.82) is 0 Å². The maximum atomic E-state index is 11.8. The Morgan fingerprint density at radius 3 is 2.41 bits per heavy atom. The van der Waals surface area contributed by atoms with Crippen molar-refractivity contribution < 1.29 is 18.0 Å². The molecule has 1 fully saturated rings. The molecule has 0 atom stereocenters. The minimum absolute atomic E-state index is 0.0336. The van der Waals surface area contributed by atoms with Crippen molar-refractivity contribution >= 4 is 11.6 Å². The van der Waals surface area contributed by atoms with Gasteiger partial charge >= 0.3 is 6.68 Å². The van der Waals surface area contributed by atoms with E-state index in [2.05, 4.69) is 42.9 Å². The number of fused-ring (bicyclic) bond motifs is 1. The van der Waals surface area contributed by atoms with Gasteiger partial charge in [-0.3, -0.25) is 4.79 Å². The van der Waals surface area contributed by atoms with Crippen LogP contribution in [0.4, 0.5) is 18.9 Å². The van der Waals surface area contributed by atoms with Gasteiger partial charge in [0.05, 0.1) is 0 Å². The zero-order valence-corrected chi connectivity index (χ0v) is 15.5. The molecule has 3 nitrogen and oxygen atoms in total. The van der Waals surface area contributed by atoms with Gasteiger partial charge in [-0.15, -0.1) is 12.8 Å². The maximum absolute atomic E-state index is 11.8. The van der Waals surface area contributed by atoms with Crippen LogP contribution in [-0.4, -0.2) is 30.1 Å². The second-order valence-electron chi connectivity index (χ2n) is 6.42. The number of amides is 1. The number of halogens is 3. The van der Waals surface area contributed by atoms with Crippen LogP contribution in [0.3, 0.4) is 0 Å². The van der Waals surface area contributed by atoms with Crippen LogP contribution in [0.25, 0.3) is 0 Å². The molecular weight excluding hydrogens is 353 g/mol. The highest BCUT2D eigenvalue weighted by Gasteiger charge is 2.20. The predicted octanol–water partition coefficient (Wildman–Crippen LogP) is 4.93. The van der Waals surface area contributed by atoms with Crippen LogP contribution in [0.5, 0.6) is 0 Å². The highest BCUT2D eigenvalue weighted by atomic mass is 19.4. The molecule has 0 spiro atoms. The lowest BCUT2D eigenvalue weighted by atomic mass is 9.94. The van der Waals surface area contributed by atoms with Crippen LogP contribution in [0, 0.1) is 12.8 Å². The molecule has 1 aromatic carbocycles. The topological polar surface area (TPSA) is 32.3 Å². The van der Waals surface area contributed by atoms with E-state index < -0.39 is 6.68 Å². The molecule has 1 heterocycles. The van der Waals surface area contributed by atoms with Crippen LogP contribution < -0.4 is 5.32 Å². The Bertz CT molecular complexity index is 622. The lowest BCUT2D eigenvalue weighted by Crippen LogP contribution is -2.34. The van der Waals surface area contributed by atoms with E-state index in [0.29, 0.717) is 12.6 Å². The smallest absolute Gasteiger partial charge is 0.379 e. The molecule has 0 saturated heterocycles. The highest BCUT2D eigenvalue weighted by Crippen LogP contribution is 2.26. The third-order valence-electron chi connectivity index (χ3n) is 4.68. The normalized spacial score (nSPS) is 16.1. The van der Waals surface area contributed by atoms with Gasteiger partial charge in [0.1, 0.15) is 0 Å². The summed E-state index contributed by atoms with van der Waals surface area (Å²) in [5.41, 5.74) is 3.85. The Balaban J connectivity index is 0.000000541. The molecule has 2 aliphatic rings. The Hall–Kier alpha value is -2.42. The SMILES string of the molecule is C#C.C=CC(=O)N1CCc2ccc(NC3CCCCC3)cc2C1.FC(F)F. The zero-order chi connectivity index (χ0) is 20.2. The molecule has 0 aromatic heterocycles. The number of rotatable bonds is 3. The largest absolute Gasteiger partial charge is 0.382 e. The lowest BCUT2D eigenvalue weighted by molar-refractivity contribution is -0.126. The standard InChI is InChI=1S/C18H24N2O.C2H2.CHF3/c1-2-18(21)20-11-10-14-8-9-17(12-15(14)13-20)19-16-6-4-3-5-7-16;1-2;2-1(3)4/h2,8-9,12,16,19H,1,3-7,10-11,13H2;1-2H;1H. The van der Waals surface area contributed by atoms with Gasteiger partial charge in [-0.25, -0.2) is 0 Å². The van der Waals surface area contributed by atoms with Gasteiger partial charge in [0, 0.05) is 24.8 Å². The number of nitrogens with zero attached hydrogens (tertiary/aromatic N) is 1. The van der Waals surface area contributed by atoms with Crippen molar-refractivity contribution in [2.75, 3.05) is 11.9 Å². The summed E-state index contributed by atoms with van der Waals surface area (Å²) in [6, 6.07) is 7.26. The van der Waals surface area contributed by atoms with Crippen LogP contribution >= 0.6 is 0 Å². The van der Waals surface area contributed by atoms with Gasteiger partial charge in [-0.1, -0.05) is 31.9 Å². The van der Waals surface area contributed by atoms with E-state index >= 15 is 0 Å². The molecule has 1 aliphatic carbocycles. The van der Waals surface area contributed by atoms with Gasteiger partial charge in [-0.2, -0.15) is 13.2 Å². The first-order chi connectivity index (χ1) is 13.0. The first kappa shape index (κ1) is 22.6. The molecule has 0 unspecified atom stereocenters. The van der Waals surface area contributed by atoms with Crippen molar-refractivity contribution in [3.05, 3.63) is 42.0 Å². The van der Waals surface area contributed by atoms with E-state index in [-0.39, 0.29) is 5.91 Å². The predicted molar refractivity (Wildman–Crippen MR) is 103 cm³/mol. The molecule has 1 amide bonds. The summed E-state index contributed by atoms with van der Waals surface area (Å²) in [5.74, 6) is 0.0336. The second kappa shape index (κ2) is 12.1. The van der Waals surface area contributed by atoms with Crippen molar-refractivity contribution in [2.24, 2.45) is 0 Å². The molecule has 6 heteroatoms. The van der Waals surface area contributed by atoms with Crippen LogP contribution in [0.1, 0.15) is 43.2 Å². The Kier molecular flexibility index (Phi) is 10.1. The van der Waals surface area contributed by atoms with Crippen molar-refractivity contribution in [1.82, 2.24) is 4.90 Å². The summed E-state index contributed by atoms with van der Waals surface area (Å²) in [6.45, 7) is 1.42. The lowest BCUT2D eigenvalue weighted by Gasteiger charge is -2.29. The number of carbonyl (C=O) groups excluding carboxylic acids is 1. The zero-order valence-electron chi connectivity index (χ0n) is 15.5. The minimum Gasteiger partial charge on any atom is -0.382 e. The number of nitrogens with one attached hydrogen (secondary N) is 1. The number of hydrogen-bond donors (Lipinski definition) is 1. The highest BCUT2D eigenvalue weighted by molar-refractivity contribution is 5.87. The number of terminal acetylenes is 1. The van der Waals surface area contributed by atoms with Crippen molar-refractivity contribution in [3.8, 4) is 12.8 Å². The van der Waals surface area contributed by atoms with E-state index in [1.54, 1.807) is 0 Å².